The molecule has 0 saturated heterocycles. The Morgan fingerprint density at radius 3 is 2.18 bits per heavy atom. The maximum absolute atomic E-state index is 11.2. The van der Waals surface area contributed by atoms with E-state index >= 15 is 0 Å². The van der Waals surface area contributed by atoms with Crippen molar-refractivity contribution in [3.05, 3.63) is 35.8 Å². The maximum atomic E-state index is 11.2. The molecule has 2 rings (SSSR count). The van der Waals surface area contributed by atoms with E-state index in [0.717, 1.165) is 0 Å². The molecule has 2 aromatic heterocycles. The van der Waals surface area contributed by atoms with Crippen LogP contribution in [0.5, 0.6) is 0 Å². The van der Waals surface area contributed by atoms with Crippen molar-refractivity contribution < 1.29 is 28.9 Å². The number of aliphatic hydroxyl groups excluding tert-OH is 2. The molecule has 0 spiro atoms. The van der Waals surface area contributed by atoms with Gasteiger partial charge in [0.2, 0.25) is 0 Å². The van der Waals surface area contributed by atoms with E-state index in [1.807, 2.05) is 0 Å². The first-order chi connectivity index (χ1) is 10.6. The fourth-order valence-electron chi connectivity index (χ4n) is 1.87. The van der Waals surface area contributed by atoms with Gasteiger partial charge in [-0.15, -0.1) is 0 Å². The average molecular weight is 310 g/mol. The van der Waals surface area contributed by atoms with Crippen LogP contribution in [0.4, 0.5) is 11.8 Å². The van der Waals surface area contributed by atoms with Gasteiger partial charge in [-0.2, -0.15) is 0 Å². The standard InChI is InChI=1S/C14H18N2O6/c17-7-9-1-3-12(21-9)15-6-5-11(14(19)20)16-13-4-2-10(8-18)22-13/h1-4,11,15-18H,5-8H2,(H,19,20)/t11-/m1/s1. The Kier molecular flexibility index (Phi) is 5.45. The quantitative estimate of drug-likeness (QED) is 0.468. The molecule has 22 heavy (non-hydrogen) atoms. The molecule has 0 unspecified atom stereocenters. The number of aliphatic carboxylic acids is 1. The summed E-state index contributed by atoms with van der Waals surface area (Å²) in [6.45, 7) is -0.0742. The number of nitrogens with one attached hydrogen (secondary N) is 2. The number of anilines is 2. The van der Waals surface area contributed by atoms with Crippen LogP contribution in [0.2, 0.25) is 0 Å². The monoisotopic (exact) mass is 310 g/mol. The molecule has 1 atom stereocenters. The van der Waals surface area contributed by atoms with Crippen molar-refractivity contribution in [3.63, 3.8) is 0 Å². The molecule has 0 aliphatic carbocycles. The Balaban J connectivity index is 1.84. The highest BCUT2D eigenvalue weighted by Gasteiger charge is 2.18. The van der Waals surface area contributed by atoms with Crippen molar-refractivity contribution in [1.82, 2.24) is 0 Å². The van der Waals surface area contributed by atoms with Gasteiger partial charge in [-0.1, -0.05) is 0 Å². The lowest BCUT2D eigenvalue weighted by molar-refractivity contribution is -0.138. The SMILES string of the molecule is O=C(O)[C@@H](CCNc1ccc(CO)o1)Nc1ccc(CO)o1. The molecule has 2 heterocycles. The van der Waals surface area contributed by atoms with E-state index in [2.05, 4.69) is 10.6 Å². The van der Waals surface area contributed by atoms with E-state index in [-0.39, 0.29) is 25.5 Å². The summed E-state index contributed by atoms with van der Waals surface area (Å²) in [6.07, 6.45) is 0.277. The lowest BCUT2D eigenvalue weighted by Gasteiger charge is -2.13. The molecule has 0 saturated carbocycles. The predicted octanol–water partition coefficient (Wildman–Crippen LogP) is 1.22. The Bertz CT molecular complexity index is 606. The zero-order valence-corrected chi connectivity index (χ0v) is 11.8. The highest BCUT2D eigenvalue weighted by Crippen LogP contribution is 2.16. The minimum Gasteiger partial charge on any atom is -0.480 e. The first-order valence-corrected chi connectivity index (χ1v) is 6.74. The zero-order chi connectivity index (χ0) is 15.9. The number of carbonyl (C=O) groups is 1. The Labute approximate surface area is 126 Å². The third-order valence-corrected chi connectivity index (χ3v) is 2.98. The van der Waals surface area contributed by atoms with Crippen molar-refractivity contribution in [2.75, 3.05) is 17.2 Å². The number of furan rings is 2. The second kappa shape index (κ2) is 7.53. The van der Waals surface area contributed by atoms with Gasteiger partial charge in [0.25, 0.3) is 0 Å². The summed E-state index contributed by atoms with van der Waals surface area (Å²) < 4.78 is 10.4. The van der Waals surface area contributed by atoms with Gasteiger partial charge in [0.1, 0.15) is 30.8 Å². The second-order valence-electron chi connectivity index (χ2n) is 4.60. The largest absolute Gasteiger partial charge is 0.480 e. The van der Waals surface area contributed by atoms with Crippen molar-refractivity contribution in [2.24, 2.45) is 0 Å². The minimum atomic E-state index is -1.01. The van der Waals surface area contributed by atoms with Crippen molar-refractivity contribution in [3.8, 4) is 0 Å². The van der Waals surface area contributed by atoms with Gasteiger partial charge in [0.15, 0.2) is 11.8 Å². The van der Waals surface area contributed by atoms with E-state index in [0.29, 0.717) is 23.9 Å². The molecular weight excluding hydrogens is 292 g/mol. The average Bonchev–Trinajstić information content (AvgIpc) is 3.14. The number of carboxylic acid groups (broad SMARTS) is 1. The highest BCUT2D eigenvalue weighted by molar-refractivity contribution is 5.76. The molecule has 8 heteroatoms. The van der Waals surface area contributed by atoms with E-state index in [9.17, 15) is 9.90 Å². The summed E-state index contributed by atoms with van der Waals surface area (Å²) in [4.78, 5) is 11.2. The molecule has 120 valence electrons. The molecule has 0 fully saturated rings. The summed E-state index contributed by atoms with van der Waals surface area (Å²) in [6, 6.07) is 5.58. The molecule has 8 nitrogen and oxygen atoms in total. The smallest absolute Gasteiger partial charge is 0.326 e. The number of aliphatic hydroxyl groups is 2. The normalized spacial score (nSPS) is 12.1. The van der Waals surface area contributed by atoms with Crippen LogP contribution in [-0.4, -0.2) is 33.9 Å². The van der Waals surface area contributed by atoms with Crippen molar-refractivity contribution in [2.45, 2.75) is 25.7 Å². The van der Waals surface area contributed by atoms with Gasteiger partial charge in [0, 0.05) is 18.7 Å². The van der Waals surface area contributed by atoms with Gasteiger partial charge in [-0.25, -0.2) is 4.79 Å². The molecule has 2 aromatic rings. The molecule has 0 aliphatic heterocycles. The van der Waals surface area contributed by atoms with Crippen molar-refractivity contribution in [1.29, 1.82) is 0 Å². The molecule has 0 bridgehead atoms. The van der Waals surface area contributed by atoms with Gasteiger partial charge in [-0.05, 0) is 18.6 Å². The third kappa shape index (κ3) is 4.27. The summed E-state index contributed by atoms with van der Waals surface area (Å²) in [5, 5.41) is 32.7. The fraction of sp³-hybridized carbons (Fsp3) is 0.357. The van der Waals surface area contributed by atoms with E-state index in [1.165, 1.54) is 0 Å². The lowest BCUT2D eigenvalue weighted by atomic mass is 10.2. The van der Waals surface area contributed by atoms with Crippen LogP contribution in [0.3, 0.4) is 0 Å². The van der Waals surface area contributed by atoms with E-state index in [4.69, 9.17) is 19.0 Å². The maximum Gasteiger partial charge on any atom is 0.326 e. The van der Waals surface area contributed by atoms with Crippen molar-refractivity contribution >= 4 is 17.7 Å². The lowest BCUT2D eigenvalue weighted by Crippen LogP contribution is -2.31. The summed E-state index contributed by atoms with van der Waals surface area (Å²) in [7, 11) is 0. The van der Waals surface area contributed by atoms with Crippen LogP contribution in [0.25, 0.3) is 0 Å². The van der Waals surface area contributed by atoms with Gasteiger partial charge < -0.3 is 34.8 Å². The van der Waals surface area contributed by atoms with E-state index < -0.39 is 12.0 Å². The first kappa shape index (κ1) is 15.9. The number of hydrogen-bond acceptors (Lipinski definition) is 7. The second-order valence-corrected chi connectivity index (χ2v) is 4.60. The Morgan fingerprint density at radius 2 is 1.64 bits per heavy atom. The summed E-state index contributed by atoms with van der Waals surface area (Å²) >= 11 is 0. The molecule has 0 radical (unpaired) electrons. The number of carboxylic acids is 1. The van der Waals surface area contributed by atoms with Crippen LogP contribution in [0.15, 0.2) is 33.1 Å². The van der Waals surface area contributed by atoms with Crippen LogP contribution >= 0.6 is 0 Å². The topological polar surface area (TPSA) is 128 Å². The molecule has 5 N–H and O–H groups in total. The fourth-order valence-corrected chi connectivity index (χ4v) is 1.87. The summed E-state index contributed by atoms with van der Waals surface area (Å²) in [5.74, 6) is 0.532. The van der Waals surface area contributed by atoms with Crippen LogP contribution in [0.1, 0.15) is 17.9 Å². The highest BCUT2D eigenvalue weighted by atomic mass is 16.4. The van der Waals surface area contributed by atoms with Gasteiger partial charge in [0.05, 0.1) is 0 Å². The number of rotatable bonds is 9. The minimum absolute atomic E-state index is 0.188. The number of hydrogen-bond donors (Lipinski definition) is 5. The van der Waals surface area contributed by atoms with Gasteiger partial charge >= 0.3 is 5.97 Å². The molecule has 0 aliphatic rings. The Hall–Kier alpha value is -2.45. The Morgan fingerprint density at radius 1 is 1.05 bits per heavy atom. The third-order valence-electron chi connectivity index (χ3n) is 2.98. The van der Waals surface area contributed by atoms with Crippen LogP contribution in [0, 0.1) is 0 Å². The molecule has 0 aromatic carbocycles. The summed E-state index contributed by atoms with van der Waals surface area (Å²) in [5.41, 5.74) is 0. The van der Waals surface area contributed by atoms with Gasteiger partial charge in [-0.3, -0.25) is 0 Å². The first-order valence-electron chi connectivity index (χ1n) is 6.74. The van der Waals surface area contributed by atoms with Crippen LogP contribution in [-0.2, 0) is 18.0 Å². The van der Waals surface area contributed by atoms with Crippen LogP contribution < -0.4 is 10.6 Å². The zero-order valence-electron chi connectivity index (χ0n) is 11.8. The predicted molar refractivity (Wildman–Crippen MR) is 77.4 cm³/mol. The van der Waals surface area contributed by atoms with E-state index in [1.54, 1.807) is 24.3 Å². The molecule has 0 amide bonds. The molecular formula is C14H18N2O6.